The number of benzene rings is 2. The van der Waals surface area contributed by atoms with E-state index in [1.807, 2.05) is 17.5 Å². The van der Waals surface area contributed by atoms with Crippen LogP contribution in [0, 0.1) is 0 Å². The summed E-state index contributed by atoms with van der Waals surface area (Å²) in [7, 11) is -3.34. The lowest BCUT2D eigenvalue weighted by Gasteiger charge is -2.31. The van der Waals surface area contributed by atoms with Crippen LogP contribution < -0.4 is 4.90 Å². The summed E-state index contributed by atoms with van der Waals surface area (Å²) in [6.45, 7) is 1.30. The predicted molar refractivity (Wildman–Crippen MR) is 124 cm³/mol. The first-order valence-electron chi connectivity index (χ1n) is 9.00. The van der Waals surface area contributed by atoms with Gasteiger partial charge in [-0.25, -0.2) is 13.4 Å². The third-order valence-electron chi connectivity index (χ3n) is 4.98. The van der Waals surface area contributed by atoms with Gasteiger partial charge in [-0.1, -0.05) is 45.2 Å². The lowest BCUT2D eigenvalue weighted by Crippen LogP contribution is -2.39. The standard InChI is InChI=1S/C20H17BrCl2N2O2S2/c21-13-2-1-3-16(10-13)29(26,27)15-6-8-25(9-7-15)20-24-19(12-28-20)17-5-4-14(22)11-18(17)23/h1-5,10-12,15H,6-9H2. The smallest absolute Gasteiger partial charge is 0.185 e. The van der Waals surface area contributed by atoms with Crippen molar-refractivity contribution in [3.05, 3.63) is 62.4 Å². The van der Waals surface area contributed by atoms with Gasteiger partial charge in [0.25, 0.3) is 0 Å². The average molecular weight is 532 g/mol. The molecule has 2 aromatic carbocycles. The molecule has 0 bridgehead atoms. The molecule has 2 heterocycles. The minimum atomic E-state index is -3.34. The maximum Gasteiger partial charge on any atom is 0.185 e. The maximum atomic E-state index is 13.0. The van der Waals surface area contributed by atoms with Crippen LogP contribution in [0.15, 0.2) is 57.2 Å². The zero-order valence-corrected chi connectivity index (χ0v) is 19.9. The lowest BCUT2D eigenvalue weighted by molar-refractivity contribution is 0.529. The largest absolute Gasteiger partial charge is 0.348 e. The average Bonchev–Trinajstić information content (AvgIpc) is 3.18. The van der Waals surface area contributed by atoms with Crippen LogP contribution in [0.4, 0.5) is 5.13 Å². The Bertz CT molecular complexity index is 1140. The number of sulfone groups is 1. The van der Waals surface area contributed by atoms with E-state index >= 15 is 0 Å². The van der Waals surface area contributed by atoms with E-state index in [1.54, 1.807) is 30.3 Å². The summed E-state index contributed by atoms with van der Waals surface area (Å²) in [5, 5.41) is 3.62. The molecule has 9 heteroatoms. The van der Waals surface area contributed by atoms with Gasteiger partial charge in [-0.3, -0.25) is 0 Å². The molecule has 29 heavy (non-hydrogen) atoms. The second-order valence-corrected chi connectivity index (χ2v) is 11.7. The van der Waals surface area contributed by atoms with E-state index in [2.05, 4.69) is 20.8 Å². The van der Waals surface area contributed by atoms with Crippen LogP contribution in [0.2, 0.25) is 10.0 Å². The summed E-state index contributed by atoms with van der Waals surface area (Å²) in [6.07, 6.45) is 1.15. The molecule has 0 amide bonds. The minimum absolute atomic E-state index is 0.374. The fraction of sp³-hybridized carbons (Fsp3) is 0.250. The molecule has 0 saturated carbocycles. The van der Waals surface area contributed by atoms with Gasteiger partial charge >= 0.3 is 0 Å². The number of anilines is 1. The highest BCUT2D eigenvalue weighted by Gasteiger charge is 2.32. The van der Waals surface area contributed by atoms with Crippen LogP contribution in [-0.4, -0.2) is 31.7 Å². The van der Waals surface area contributed by atoms with Crippen molar-refractivity contribution < 1.29 is 8.42 Å². The molecule has 0 radical (unpaired) electrons. The Morgan fingerprint density at radius 2 is 1.86 bits per heavy atom. The first-order chi connectivity index (χ1) is 13.8. The Morgan fingerprint density at radius 3 is 2.55 bits per heavy atom. The molecule has 1 aliphatic heterocycles. The van der Waals surface area contributed by atoms with Crippen LogP contribution in [-0.2, 0) is 9.84 Å². The van der Waals surface area contributed by atoms with Crippen molar-refractivity contribution in [3.63, 3.8) is 0 Å². The molecule has 0 aliphatic carbocycles. The molecule has 0 N–H and O–H groups in total. The van der Waals surface area contributed by atoms with Crippen molar-refractivity contribution in [2.24, 2.45) is 0 Å². The molecule has 0 unspecified atom stereocenters. The van der Waals surface area contributed by atoms with Crippen molar-refractivity contribution in [1.82, 2.24) is 4.98 Å². The molecular weight excluding hydrogens is 515 g/mol. The van der Waals surface area contributed by atoms with E-state index in [4.69, 9.17) is 28.2 Å². The van der Waals surface area contributed by atoms with E-state index in [0.717, 1.165) is 20.9 Å². The Labute approximate surface area is 192 Å². The van der Waals surface area contributed by atoms with Crippen LogP contribution in [0.3, 0.4) is 0 Å². The molecule has 4 nitrogen and oxygen atoms in total. The number of rotatable bonds is 4. The van der Waals surface area contributed by atoms with Crippen molar-refractivity contribution in [1.29, 1.82) is 0 Å². The Hall–Kier alpha value is -1.12. The zero-order valence-electron chi connectivity index (χ0n) is 15.2. The number of nitrogens with zero attached hydrogens (tertiary/aromatic N) is 2. The summed E-state index contributed by atoms with van der Waals surface area (Å²) in [5.41, 5.74) is 1.64. The number of hydrogen-bond acceptors (Lipinski definition) is 5. The minimum Gasteiger partial charge on any atom is -0.348 e. The van der Waals surface area contributed by atoms with E-state index in [0.29, 0.717) is 40.9 Å². The maximum absolute atomic E-state index is 13.0. The molecular formula is C20H17BrCl2N2O2S2. The van der Waals surface area contributed by atoms with Gasteiger partial charge in [-0.05, 0) is 49.2 Å². The SMILES string of the molecule is O=S(=O)(c1cccc(Br)c1)C1CCN(c2nc(-c3ccc(Cl)cc3Cl)cs2)CC1. The highest BCUT2D eigenvalue weighted by molar-refractivity contribution is 9.10. The van der Waals surface area contributed by atoms with Gasteiger partial charge in [-0.15, -0.1) is 11.3 Å². The van der Waals surface area contributed by atoms with E-state index in [-0.39, 0.29) is 5.25 Å². The molecule has 1 saturated heterocycles. The van der Waals surface area contributed by atoms with Gasteiger partial charge < -0.3 is 4.90 Å². The number of aromatic nitrogens is 1. The molecule has 3 aromatic rings. The van der Waals surface area contributed by atoms with Gasteiger partial charge in [-0.2, -0.15) is 0 Å². The number of hydrogen-bond donors (Lipinski definition) is 0. The highest BCUT2D eigenvalue weighted by atomic mass is 79.9. The summed E-state index contributed by atoms with van der Waals surface area (Å²) >= 11 is 17.2. The van der Waals surface area contributed by atoms with Crippen LogP contribution in [0.25, 0.3) is 11.3 Å². The van der Waals surface area contributed by atoms with Gasteiger partial charge in [0, 0.05) is 33.5 Å². The third kappa shape index (κ3) is 4.49. The third-order valence-corrected chi connectivity index (χ3v) is 9.18. The highest BCUT2D eigenvalue weighted by Crippen LogP contribution is 2.35. The van der Waals surface area contributed by atoms with Crippen molar-refractivity contribution >= 4 is 65.4 Å². The Kier molecular flexibility index (Phi) is 6.23. The fourth-order valence-electron chi connectivity index (χ4n) is 3.42. The summed E-state index contributed by atoms with van der Waals surface area (Å²) in [6, 6.07) is 12.3. The van der Waals surface area contributed by atoms with Crippen molar-refractivity contribution in [2.45, 2.75) is 23.0 Å². The lowest BCUT2D eigenvalue weighted by atomic mass is 10.1. The van der Waals surface area contributed by atoms with Crippen LogP contribution in [0.5, 0.6) is 0 Å². The molecule has 1 aliphatic rings. The van der Waals surface area contributed by atoms with Gasteiger partial charge in [0.1, 0.15) is 0 Å². The van der Waals surface area contributed by atoms with Crippen molar-refractivity contribution in [2.75, 3.05) is 18.0 Å². The monoisotopic (exact) mass is 530 g/mol. The molecule has 0 spiro atoms. The second kappa shape index (κ2) is 8.55. The van der Waals surface area contributed by atoms with Crippen LogP contribution in [0.1, 0.15) is 12.8 Å². The number of thiazole rings is 1. The van der Waals surface area contributed by atoms with Gasteiger partial charge in [0.2, 0.25) is 0 Å². The first kappa shape index (κ1) is 21.1. The second-order valence-electron chi connectivity index (χ2n) is 6.83. The number of halogens is 3. The zero-order chi connectivity index (χ0) is 20.6. The van der Waals surface area contributed by atoms with E-state index in [9.17, 15) is 8.42 Å². The quantitative estimate of drug-likeness (QED) is 0.395. The summed E-state index contributed by atoms with van der Waals surface area (Å²) in [4.78, 5) is 7.23. The van der Waals surface area contributed by atoms with Gasteiger partial charge in [0.15, 0.2) is 15.0 Å². The molecule has 152 valence electrons. The topological polar surface area (TPSA) is 50.3 Å². The van der Waals surface area contributed by atoms with E-state index in [1.165, 1.54) is 11.3 Å². The Balaban J connectivity index is 1.47. The molecule has 0 atom stereocenters. The number of piperidine rings is 1. The first-order valence-corrected chi connectivity index (χ1v) is 13.0. The van der Waals surface area contributed by atoms with Gasteiger partial charge in [0.05, 0.1) is 20.9 Å². The summed E-state index contributed by atoms with van der Waals surface area (Å²) in [5.74, 6) is 0. The fourth-order valence-corrected chi connectivity index (χ4v) is 7.14. The molecule has 1 aromatic heterocycles. The predicted octanol–water partition coefficient (Wildman–Crippen LogP) is 6.32. The van der Waals surface area contributed by atoms with Crippen molar-refractivity contribution in [3.8, 4) is 11.3 Å². The van der Waals surface area contributed by atoms with E-state index < -0.39 is 9.84 Å². The molecule has 4 rings (SSSR count). The normalized spacial score (nSPS) is 15.6. The molecule has 1 fully saturated rings. The summed E-state index contributed by atoms with van der Waals surface area (Å²) < 4.78 is 26.7. The van der Waals surface area contributed by atoms with Crippen LogP contribution >= 0.6 is 50.5 Å². The Morgan fingerprint density at radius 1 is 1.10 bits per heavy atom.